The maximum absolute atomic E-state index is 12.6. The predicted octanol–water partition coefficient (Wildman–Crippen LogP) is 5.45. The SMILES string of the molecule is O=C(/C=C/c1cccnc1)NCC1Cc2cc(-c3ccc(C(O)C(=O)c4ccccc4)cc3)cc(Cl)c2O1. The molecule has 2 unspecified atom stereocenters. The minimum atomic E-state index is -1.24. The Morgan fingerprint density at radius 1 is 1.05 bits per heavy atom. The van der Waals surface area contributed by atoms with Crippen LogP contribution in [-0.4, -0.2) is 34.4 Å². The summed E-state index contributed by atoms with van der Waals surface area (Å²) in [6.45, 7) is 0.346. The lowest BCUT2D eigenvalue weighted by molar-refractivity contribution is -0.116. The number of rotatable bonds is 8. The third kappa shape index (κ3) is 5.83. The molecule has 0 spiro atoms. The molecule has 2 heterocycles. The first kappa shape index (κ1) is 25.4. The maximum atomic E-state index is 12.6. The van der Waals surface area contributed by atoms with E-state index in [9.17, 15) is 14.7 Å². The summed E-state index contributed by atoms with van der Waals surface area (Å²) in [5.74, 6) is 0.0658. The number of amides is 1. The van der Waals surface area contributed by atoms with Gasteiger partial charge in [-0.3, -0.25) is 14.6 Å². The van der Waals surface area contributed by atoms with Crippen LogP contribution in [0.5, 0.6) is 5.75 Å². The number of ether oxygens (including phenoxy) is 1. The summed E-state index contributed by atoms with van der Waals surface area (Å²) in [5, 5.41) is 13.9. The molecule has 3 aromatic carbocycles. The van der Waals surface area contributed by atoms with Crippen LogP contribution in [-0.2, 0) is 11.2 Å². The Labute approximate surface area is 225 Å². The lowest BCUT2D eigenvalue weighted by Gasteiger charge is -2.12. The number of hydrogen-bond acceptors (Lipinski definition) is 5. The van der Waals surface area contributed by atoms with E-state index in [1.165, 1.54) is 6.08 Å². The number of hydrogen-bond donors (Lipinski definition) is 2. The van der Waals surface area contributed by atoms with Crippen LogP contribution in [0.4, 0.5) is 0 Å². The van der Waals surface area contributed by atoms with Crippen molar-refractivity contribution in [1.82, 2.24) is 10.3 Å². The molecule has 1 aliphatic rings. The molecule has 38 heavy (non-hydrogen) atoms. The van der Waals surface area contributed by atoms with Gasteiger partial charge in [0, 0.05) is 36.0 Å². The molecule has 190 valence electrons. The number of carbonyl (C=O) groups excluding carboxylic acids is 2. The van der Waals surface area contributed by atoms with Crippen molar-refractivity contribution in [3.05, 3.63) is 125 Å². The van der Waals surface area contributed by atoms with Crippen LogP contribution in [0.3, 0.4) is 0 Å². The van der Waals surface area contributed by atoms with Gasteiger partial charge in [-0.25, -0.2) is 0 Å². The van der Waals surface area contributed by atoms with Gasteiger partial charge in [0.05, 0.1) is 11.6 Å². The number of aliphatic hydroxyl groups is 1. The van der Waals surface area contributed by atoms with Crippen molar-refractivity contribution in [2.45, 2.75) is 18.6 Å². The lowest BCUT2D eigenvalue weighted by Crippen LogP contribution is -2.33. The number of nitrogens with one attached hydrogen (secondary N) is 1. The maximum Gasteiger partial charge on any atom is 0.244 e. The van der Waals surface area contributed by atoms with Crippen LogP contribution in [0.25, 0.3) is 17.2 Å². The summed E-state index contributed by atoms with van der Waals surface area (Å²) in [5.41, 5.74) is 4.58. The third-order valence-corrected chi connectivity index (χ3v) is 6.62. The molecule has 0 bridgehead atoms. The number of aliphatic hydroxyl groups excluding tert-OH is 1. The van der Waals surface area contributed by atoms with Crippen LogP contribution in [0.1, 0.15) is 33.2 Å². The van der Waals surface area contributed by atoms with Gasteiger partial charge in [0.25, 0.3) is 0 Å². The molecule has 2 N–H and O–H groups in total. The van der Waals surface area contributed by atoms with E-state index in [2.05, 4.69) is 10.3 Å². The zero-order valence-corrected chi connectivity index (χ0v) is 21.1. The number of pyridine rings is 1. The molecule has 2 atom stereocenters. The van der Waals surface area contributed by atoms with E-state index in [-0.39, 0.29) is 17.8 Å². The normalized spacial score (nSPS) is 15.1. The van der Waals surface area contributed by atoms with Crippen molar-refractivity contribution >= 4 is 29.4 Å². The molecule has 0 aliphatic carbocycles. The number of aromatic nitrogens is 1. The number of nitrogens with zero attached hydrogens (tertiary/aromatic N) is 1. The van der Waals surface area contributed by atoms with Crippen molar-refractivity contribution in [1.29, 1.82) is 0 Å². The topological polar surface area (TPSA) is 88.5 Å². The highest BCUT2D eigenvalue weighted by molar-refractivity contribution is 6.32. The van der Waals surface area contributed by atoms with E-state index in [4.69, 9.17) is 16.3 Å². The van der Waals surface area contributed by atoms with Gasteiger partial charge in [-0.1, -0.05) is 72.3 Å². The Balaban J connectivity index is 1.22. The smallest absolute Gasteiger partial charge is 0.244 e. The largest absolute Gasteiger partial charge is 0.486 e. The molecule has 6 nitrogen and oxygen atoms in total. The molecule has 4 aromatic rings. The van der Waals surface area contributed by atoms with E-state index in [1.807, 2.05) is 42.5 Å². The third-order valence-electron chi connectivity index (χ3n) is 6.33. The minimum absolute atomic E-state index is 0.215. The molecule has 0 radical (unpaired) electrons. The molecule has 0 saturated carbocycles. The second-order valence-corrected chi connectivity index (χ2v) is 9.42. The molecule has 1 aromatic heterocycles. The van der Waals surface area contributed by atoms with Crippen LogP contribution in [0, 0.1) is 0 Å². The Morgan fingerprint density at radius 2 is 1.84 bits per heavy atom. The highest BCUT2D eigenvalue weighted by atomic mass is 35.5. The van der Waals surface area contributed by atoms with Crippen molar-refractivity contribution in [2.24, 2.45) is 0 Å². The van der Waals surface area contributed by atoms with Gasteiger partial charge in [0.15, 0.2) is 5.78 Å². The molecule has 5 rings (SSSR count). The Kier molecular flexibility index (Phi) is 7.63. The van der Waals surface area contributed by atoms with E-state index in [0.717, 1.165) is 22.3 Å². The van der Waals surface area contributed by atoms with E-state index >= 15 is 0 Å². The first-order chi connectivity index (χ1) is 18.5. The number of ketones is 1. The summed E-state index contributed by atoms with van der Waals surface area (Å²) < 4.78 is 6.01. The van der Waals surface area contributed by atoms with Crippen LogP contribution < -0.4 is 10.1 Å². The predicted molar refractivity (Wildman–Crippen MR) is 147 cm³/mol. The average Bonchev–Trinajstić information content (AvgIpc) is 3.39. The monoisotopic (exact) mass is 524 g/mol. The molecular formula is C31H25ClN2O4. The van der Waals surface area contributed by atoms with Crippen molar-refractivity contribution in [3.8, 4) is 16.9 Å². The zero-order chi connectivity index (χ0) is 26.5. The summed E-state index contributed by atoms with van der Waals surface area (Å²) in [7, 11) is 0. The molecule has 0 fully saturated rings. The number of halogens is 1. The van der Waals surface area contributed by atoms with Gasteiger partial charge in [0.2, 0.25) is 5.91 Å². The summed E-state index contributed by atoms with van der Waals surface area (Å²) in [6, 6.07) is 23.5. The second-order valence-electron chi connectivity index (χ2n) is 9.01. The first-order valence-corrected chi connectivity index (χ1v) is 12.6. The lowest BCUT2D eigenvalue weighted by atomic mass is 9.96. The number of Topliss-reactive ketones (excluding diaryl/α,β-unsaturated/α-hetero) is 1. The van der Waals surface area contributed by atoms with Gasteiger partial charge < -0.3 is 15.2 Å². The highest BCUT2D eigenvalue weighted by Crippen LogP contribution is 2.39. The van der Waals surface area contributed by atoms with Crippen LogP contribution in [0.15, 0.2) is 97.3 Å². The van der Waals surface area contributed by atoms with Crippen molar-refractivity contribution in [2.75, 3.05) is 6.54 Å². The standard InChI is InChI=1S/C31H25ClN2O4/c32-27-17-24(21-9-11-23(12-10-21)30(37)29(36)22-6-2-1-3-7-22)15-25-16-26(38-31(25)27)19-34-28(35)13-8-20-5-4-14-33-18-20/h1-15,17-18,26,30,37H,16,19H2,(H,34,35)/b13-8+. The first-order valence-electron chi connectivity index (χ1n) is 12.2. The summed E-state index contributed by atoms with van der Waals surface area (Å²) >= 11 is 6.55. The van der Waals surface area contributed by atoms with Gasteiger partial charge in [-0.2, -0.15) is 0 Å². The van der Waals surface area contributed by atoms with E-state index in [0.29, 0.717) is 34.9 Å². The van der Waals surface area contributed by atoms with Gasteiger partial charge in [-0.05, 0) is 46.5 Å². The number of fused-ring (bicyclic) bond motifs is 1. The molecule has 7 heteroatoms. The fourth-order valence-electron chi connectivity index (χ4n) is 4.36. The summed E-state index contributed by atoms with van der Waals surface area (Å²) in [4.78, 5) is 28.8. The fraction of sp³-hybridized carbons (Fsp3) is 0.129. The molecule has 0 saturated heterocycles. The Morgan fingerprint density at radius 3 is 2.58 bits per heavy atom. The second kappa shape index (κ2) is 11.4. The van der Waals surface area contributed by atoms with Crippen LogP contribution >= 0.6 is 11.6 Å². The molecule has 1 aliphatic heterocycles. The number of carbonyl (C=O) groups is 2. The molecular weight excluding hydrogens is 500 g/mol. The van der Waals surface area contributed by atoms with Gasteiger partial charge in [0.1, 0.15) is 18.0 Å². The van der Waals surface area contributed by atoms with Crippen LogP contribution in [0.2, 0.25) is 5.02 Å². The Hall–Kier alpha value is -4.26. The average molecular weight is 525 g/mol. The fourth-order valence-corrected chi connectivity index (χ4v) is 4.64. The summed E-state index contributed by atoms with van der Waals surface area (Å²) in [6.07, 6.45) is 5.68. The van der Waals surface area contributed by atoms with Crippen molar-refractivity contribution < 1.29 is 19.4 Å². The van der Waals surface area contributed by atoms with E-state index in [1.54, 1.807) is 54.9 Å². The zero-order valence-electron chi connectivity index (χ0n) is 20.4. The highest BCUT2D eigenvalue weighted by Gasteiger charge is 2.26. The quantitative estimate of drug-likeness (QED) is 0.236. The Bertz CT molecular complexity index is 1470. The minimum Gasteiger partial charge on any atom is -0.486 e. The van der Waals surface area contributed by atoms with Crippen molar-refractivity contribution in [3.63, 3.8) is 0 Å². The number of benzene rings is 3. The molecule has 1 amide bonds. The van der Waals surface area contributed by atoms with Gasteiger partial charge >= 0.3 is 0 Å². The van der Waals surface area contributed by atoms with Gasteiger partial charge in [-0.15, -0.1) is 0 Å². The van der Waals surface area contributed by atoms with E-state index < -0.39 is 6.10 Å².